The summed E-state index contributed by atoms with van der Waals surface area (Å²) >= 11 is 0. The van der Waals surface area contributed by atoms with E-state index in [2.05, 4.69) is 0 Å². The molecule has 0 aromatic heterocycles. The Morgan fingerprint density at radius 3 is 2.68 bits per heavy atom. The summed E-state index contributed by atoms with van der Waals surface area (Å²) in [4.78, 5) is 0.0169. The monoisotopic (exact) mass is 308 g/mol. The largest absolute Gasteiger partial charge is 0.330 e. The van der Waals surface area contributed by atoms with Gasteiger partial charge in [0.15, 0.2) is 0 Å². The third-order valence-corrected chi connectivity index (χ3v) is 5.22. The van der Waals surface area contributed by atoms with E-state index < -0.39 is 15.8 Å². The van der Waals surface area contributed by atoms with Crippen LogP contribution in [0.2, 0.25) is 0 Å². The summed E-state index contributed by atoms with van der Waals surface area (Å²) in [7, 11) is -3.58. The van der Waals surface area contributed by atoms with E-state index in [1.54, 1.807) is 6.92 Å². The maximum Gasteiger partial charge on any atom is 0.243 e. The molecule has 7 heteroatoms. The number of hydrogen-bond donors (Lipinski definition) is 1. The van der Waals surface area contributed by atoms with Crippen molar-refractivity contribution in [3.05, 3.63) is 29.6 Å². The second kappa shape index (κ2) is 6.17. The quantitative estimate of drug-likeness (QED) is 0.921. The van der Waals surface area contributed by atoms with E-state index in [0.29, 0.717) is 25.2 Å². The molecule has 0 bridgehead atoms. The lowest BCUT2D eigenvalue weighted by Crippen LogP contribution is -2.30. The molecule has 1 aliphatic heterocycles. The number of benzene rings is 1. The number of hydrogen-bond acceptors (Lipinski definition) is 3. The molecule has 19 heavy (non-hydrogen) atoms. The van der Waals surface area contributed by atoms with E-state index >= 15 is 0 Å². The van der Waals surface area contributed by atoms with Crippen molar-refractivity contribution >= 4 is 22.4 Å². The van der Waals surface area contributed by atoms with E-state index in [9.17, 15) is 12.8 Å². The van der Waals surface area contributed by atoms with Crippen LogP contribution < -0.4 is 5.73 Å². The van der Waals surface area contributed by atoms with E-state index in [-0.39, 0.29) is 23.2 Å². The van der Waals surface area contributed by atoms with Crippen molar-refractivity contribution in [2.75, 3.05) is 19.6 Å². The Labute approximate surface area is 119 Å². The molecule has 1 heterocycles. The maximum absolute atomic E-state index is 13.4. The lowest BCUT2D eigenvalue weighted by atomic mass is 10.1. The summed E-state index contributed by atoms with van der Waals surface area (Å²) in [6.45, 7) is 2.97. The molecule has 1 atom stereocenters. The van der Waals surface area contributed by atoms with Crippen LogP contribution in [0, 0.1) is 18.7 Å². The molecular weight excluding hydrogens is 291 g/mol. The number of sulfonamides is 1. The molecule has 1 unspecified atom stereocenters. The highest BCUT2D eigenvalue weighted by molar-refractivity contribution is 7.89. The lowest BCUT2D eigenvalue weighted by molar-refractivity contribution is 0.458. The summed E-state index contributed by atoms with van der Waals surface area (Å²) < 4.78 is 39.4. The fraction of sp³-hybridized carbons (Fsp3) is 0.500. The van der Waals surface area contributed by atoms with Crippen molar-refractivity contribution in [1.29, 1.82) is 0 Å². The summed E-state index contributed by atoms with van der Waals surface area (Å²) in [6, 6.07) is 4.02. The zero-order chi connectivity index (χ0) is 13.3. The minimum Gasteiger partial charge on any atom is -0.330 e. The van der Waals surface area contributed by atoms with Crippen LogP contribution in [-0.2, 0) is 10.0 Å². The van der Waals surface area contributed by atoms with Gasteiger partial charge in [-0.1, -0.05) is 6.07 Å². The van der Waals surface area contributed by atoms with Crippen LogP contribution in [-0.4, -0.2) is 32.4 Å². The SMILES string of the molecule is Cc1ccc(S(=O)(=O)N2CCC(CN)C2)cc1F.Cl. The van der Waals surface area contributed by atoms with Crippen LogP contribution in [0.15, 0.2) is 23.1 Å². The first-order valence-corrected chi connectivity index (χ1v) is 7.35. The van der Waals surface area contributed by atoms with Crippen molar-refractivity contribution in [3.63, 3.8) is 0 Å². The number of halogens is 2. The smallest absolute Gasteiger partial charge is 0.243 e. The molecule has 1 saturated heterocycles. The zero-order valence-electron chi connectivity index (χ0n) is 10.7. The van der Waals surface area contributed by atoms with Gasteiger partial charge in [0.2, 0.25) is 10.0 Å². The predicted octanol–water partition coefficient (Wildman–Crippen LogP) is 1.53. The van der Waals surface area contributed by atoms with Crippen LogP contribution >= 0.6 is 12.4 Å². The Kier molecular flexibility index (Phi) is 5.32. The first-order valence-electron chi connectivity index (χ1n) is 5.91. The fourth-order valence-corrected chi connectivity index (χ4v) is 3.63. The first kappa shape index (κ1) is 16.4. The summed E-state index contributed by atoms with van der Waals surface area (Å²) in [5.74, 6) is -0.291. The second-order valence-electron chi connectivity index (χ2n) is 4.66. The minimum absolute atomic E-state index is 0. The molecule has 0 aliphatic carbocycles. The van der Waals surface area contributed by atoms with E-state index in [4.69, 9.17) is 5.73 Å². The molecule has 108 valence electrons. The second-order valence-corrected chi connectivity index (χ2v) is 6.60. The Bertz CT molecular complexity index is 551. The van der Waals surface area contributed by atoms with Crippen LogP contribution in [0.3, 0.4) is 0 Å². The lowest BCUT2D eigenvalue weighted by Gasteiger charge is -2.16. The molecule has 2 N–H and O–H groups in total. The number of aryl methyl sites for hydroxylation is 1. The van der Waals surface area contributed by atoms with Gasteiger partial charge in [-0.2, -0.15) is 4.31 Å². The first-order chi connectivity index (χ1) is 8.45. The number of nitrogens with two attached hydrogens (primary N) is 1. The molecule has 2 rings (SSSR count). The highest BCUT2D eigenvalue weighted by atomic mass is 35.5. The maximum atomic E-state index is 13.4. The Hall–Kier alpha value is -0.690. The molecule has 0 spiro atoms. The van der Waals surface area contributed by atoms with Gasteiger partial charge in [-0.25, -0.2) is 12.8 Å². The average Bonchev–Trinajstić information content (AvgIpc) is 2.81. The topological polar surface area (TPSA) is 63.4 Å². The molecule has 0 saturated carbocycles. The van der Waals surface area contributed by atoms with Crippen molar-refractivity contribution < 1.29 is 12.8 Å². The number of nitrogens with zero attached hydrogens (tertiary/aromatic N) is 1. The summed E-state index contributed by atoms with van der Waals surface area (Å²) in [5.41, 5.74) is 5.98. The van der Waals surface area contributed by atoms with E-state index in [0.717, 1.165) is 12.5 Å². The van der Waals surface area contributed by atoms with Crippen LogP contribution in [0.4, 0.5) is 4.39 Å². The van der Waals surface area contributed by atoms with Gasteiger partial charge in [-0.3, -0.25) is 0 Å². The predicted molar refractivity (Wildman–Crippen MR) is 74.3 cm³/mol. The van der Waals surface area contributed by atoms with Gasteiger partial charge in [0, 0.05) is 13.1 Å². The molecule has 1 aliphatic rings. The molecule has 0 radical (unpaired) electrons. The Balaban J connectivity index is 0.00000180. The van der Waals surface area contributed by atoms with Gasteiger partial charge in [-0.15, -0.1) is 12.4 Å². The van der Waals surface area contributed by atoms with Gasteiger partial charge >= 0.3 is 0 Å². The van der Waals surface area contributed by atoms with E-state index in [1.165, 1.54) is 16.4 Å². The van der Waals surface area contributed by atoms with Crippen molar-refractivity contribution in [2.45, 2.75) is 18.2 Å². The minimum atomic E-state index is -3.58. The normalized spacial score (nSPS) is 20.3. The van der Waals surface area contributed by atoms with E-state index in [1.807, 2.05) is 0 Å². The Morgan fingerprint density at radius 2 is 2.16 bits per heavy atom. The molecule has 1 aromatic carbocycles. The highest BCUT2D eigenvalue weighted by Crippen LogP contribution is 2.24. The molecule has 1 fully saturated rings. The third kappa shape index (κ3) is 3.25. The van der Waals surface area contributed by atoms with Crippen LogP contribution in [0.5, 0.6) is 0 Å². The van der Waals surface area contributed by atoms with Gasteiger partial charge in [0.05, 0.1) is 4.90 Å². The van der Waals surface area contributed by atoms with Gasteiger partial charge in [0.25, 0.3) is 0 Å². The molecular formula is C12H18ClFN2O2S. The molecule has 4 nitrogen and oxygen atoms in total. The molecule has 1 aromatic rings. The number of rotatable bonds is 3. The van der Waals surface area contributed by atoms with Crippen molar-refractivity contribution in [2.24, 2.45) is 11.7 Å². The van der Waals surface area contributed by atoms with Crippen LogP contribution in [0.1, 0.15) is 12.0 Å². The van der Waals surface area contributed by atoms with Gasteiger partial charge in [0.1, 0.15) is 5.82 Å². The fourth-order valence-electron chi connectivity index (χ4n) is 2.09. The van der Waals surface area contributed by atoms with Crippen LogP contribution in [0.25, 0.3) is 0 Å². The summed E-state index contributed by atoms with van der Waals surface area (Å²) in [5, 5.41) is 0. The van der Waals surface area contributed by atoms with Crippen molar-refractivity contribution in [3.8, 4) is 0 Å². The molecule has 0 amide bonds. The van der Waals surface area contributed by atoms with Gasteiger partial charge in [-0.05, 0) is 43.5 Å². The Morgan fingerprint density at radius 1 is 1.47 bits per heavy atom. The van der Waals surface area contributed by atoms with Gasteiger partial charge < -0.3 is 5.73 Å². The average molecular weight is 309 g/mol. The standard InChI is InChI=1S/C12H17FN2O2S.ClH/c1-9-2-3-11(6-12(9)13)18(16,17)15-5-4-10(7-14)8-15;/h2-3,6,10H,4-5,7-8,14H2,1H3;1H. The summed E-state index contributed by atoms with van der Waals surface area (Å²) in [6.07, 6.45) is 0.768. The zero-order valence-corrected chi connectivity index (χ0v) is 12.3. The van der Waals surface area contributed by atoms with Crippen molar-refractivity contribution in [1.82, 2.24) is 4.31 Å². The highest BCUT2D eigenvalue weighted by Gasteiger charge is 2.32. The third-order valence-electron chi connectivity index (χ3n) is 3.36.